The molecule has 1 saturated carbocycles. The van der Waals surface area contributed by atoms with Crippen molar-refractivity contribution < 1.29 is 4.79 Å². The Balaban J connectivity index is 1.93. The minimum atomic E-state index is -1.74. The molecule has 1 amide bonds. The number of nitrogens with zero attached hydrogens (tertiary/aromatic N) is 3. The Hall–Kier alpha value is -1.75. The fourth-order valence-electron chi connectivity index (χ4n) is 3.68. The van der Waals surface area contributed by atoms with Crippen LogP contribution in [0.5, 0.6) is 0 Å². The summed E-state index contributed by atoms with van der Waals surface area (Å²) in [5, 5.41) is 18.9. The van der Waals surface area contributed by atoms with Gasteiger partial charge in [-0.15, -0.1) is 0 Å². The molecule has 3 rings (SSSR count). The third-order valence-electron chi connectivity index (χ3n) is 4.99. The zero-order valence-electron chi connectivity index (χ0n) is 12.4. The molecular weight excluding hydrogens is 333 g/mol. The molecule has 0 unspecified atom stereocenters. The smallest absolute Gasteiger partial charge is 0.259 e. The first-order valence-electron chi connectivity index (χ1n) is 7.50. The van der Waals surface area contributed by atoms with Crippen LogP contribution in [0.1, 0.15) is 24.8 Å². The van der Waals surface area contributed by atoms with Crippen LogP contribution in [-0.4, -0.2) is 21.2 Å². The van der Waals surface area contributed by atoms with Crippen LogP contribution >= 0.6 is 23.2 Å². The van der Waals surface area contributed by atoms with Gasteiger partial charge in [0.1, 0.15) is 5.41 Å². The quantitative estimate of drug-likeness (QED) is 0.769. The van der Waals surface area contributed by atoms with E-state index in [-0.39, 0.29) is 6.04 Å². The van der Waals surface area contributed by atoms with Crippen LogP contribution in [0.15, 0.2) is 30.3 Å². The monoisotopic (exact) mass is 347 g/mol. The molecule has 1 saturated heterocycles. The number of piperidine rings is 1. The van der Waals surface area contributed by atoms with E-state index >= 15 is 0 Å². The Kier molecular flexibility index (Phi) is 4.00. The molecule has 1 heterocycles. The van der Waals surface area contributed by atoms with Crippen LogP contribution in [-0.2, 0) is 11.3 Å². The first-order valence-corrected chi connectivity index (χ1v) is 8.25. The molecule has 1 aromatic rings. The fraction of sp³-hybridized carbons (Fsp3) is 0.471. The van der Waals surface area contributed by atoms with E-state index in [2.05, 4.69) is 12.1 Å². The van der Waals surface area contributed by atoms with E-state index in [1.165, 1.54) is 0 Å². The number of amides is 1. The zero-order valence-corrected chi connectivity index (χ0v) is 13.9. The maximum atomic E-state index is 12.8. The van der Waals surface area contributed by atoms with Gasteiger partial charge in [0.2, 0.25) is 4.33 Å². The summed E-state index contributed by atoms with van der Waals surface area (Å²) in [7, 11) is 0. The summed E-state index contributed by atoms with van der Waals surface area (Å²) in [5.74, 6) is -1.06. The number of carbonyl (C=O) groups excluding carboxylic acids is 1. The molecule has 4 nitrogen and oxygen atoms in total. The highest BCUT2D eigenvalue weighted by Crippen LogP contribution is 2.55. The van der Waals surface area contributed by atoms with E-state index in [9.17, 15) is 15.3 Å². The standard InChI is InChI=1S/C17H15Cl2N3O/c18-17(19)14-8-13(6-7-16(14,10-20)11-21)22(15(17)23)9-12-4-2-1-3-5-12/h1-5,13-14H,6-9H2/t13-,14-/m1/s1. The van der Waals surface area contributed by atoms with Crippen molar-refractivity contribution in [1.82, 2.24) is 4.90 Å². The third-order valence-corrected chi connectivity index (χ3v) is 5.84. The maximum absolute atomic E-state index is 12.8. The molecule has 118 valence electrons. The predicted molar refractivity (Wildman–Crippen MR) is 86.2 cm³/mol. The molecule has 2 bridgehead atoms. The average Bonchev–Trinajstić information content (AvgIpc) is 2.58. The number of likely N-dealkylation sites (tertiary alicyclic amines) is 1. The second-order valence-electron chi connectivity index (χ2n) is 6.22. The van der Waals surface area contributed by atoms with E-state index < -0.39 is 21.6 Å². The van der Waals surface area contributed by atoms with E-state index in [1.807, 2.05) is 30.3 Å². The molecule has 0 aromatic heterocycles. The minimum Gasteiger partial charge on any atom is -0.333 e. The topological polar surface area (TPSA) is 67.9 Å². The number of rotatable bonds is 2. The zero-order chi connectivity index (χ0) is 16.7. The number of carbonyl (C=O) groups is 1. The lowest BCUT2D eigenvalue weighted by molar-refractivity contribution is -0.145. The molecule has 0 radical (unpaired) electrons. The van der Waals surface area contributed by atoms with Gasteiger partial charge in [0, 0.05) is 18.5 Å². The summed E-state index contributed by atoms with van der Waals surface area (Å²) in [4.78, 5) is 14.5. The molecule has 0 N–H and O–H groups in total. The lowest BCUT2D eigenvalue weighted by Crippen LogP contribution is -2.62. The SMILES string of the molecule is N#CC1(C#N)CC[C@@H]2C[C@H]1C(Cl)(Cl)C(=O)N2Cc1ccccc1. The number of hydrogen-bond donors (Lipinski definition) is 0. The number of halogens is 2. The minimum absolute atomic E-state index is 0.0341. The van der Waals surface area contributed by atoms with E-state index in [0.717, 1.165) is 5.56 Å². The number of alkyl halides is 2. The molecule has 2 aliphatic rings. The molecule has 1 aromatic carbocycles. The van der Waals surface area contributed by atoms with Crippen LogP contribution in [0, 0.1) is 34.0 Å². The van der Waals surface area contributed by atoms with Gasteiger partial charge >= 0.3 is 0 Å². The first-order chi connectivity index (χ1) is 10.9. The van der Waals surface area contributed by atoms with Gasteiger partial charge in [-0.05, 0) is 24.8 Å². The molecule has 2 atom stereocenters. The van der Waals surface area contributed by atoms with E-state index in [1.54, 1.807) is 4.90 Å². The van der Waals surface area contributed by atoms with Crippen molar-refractivity contribution in [3.63, 3.8) is 0 Å². The highest BCUT2D eigenvalue weighted by molar-refractivity contribution is 6.58. The largest absolute Gasteiger partial charge is 0.333 e. The lowest BCUT2D eigenvalue weighted by atomic mass is 9.62. The molecule has 6 heteroatoms. The predicted octanol–water partition coefficient (Wildman–Crippen LogP) is 3.40. The highest BCUT2D eigenvalue weighted by atomic mass is 35.5. The van der Waals surface area contributed by atoms with Gasteiger partial charge in [-0.1, -0.05) is 53.5 Å². The van der Waals surface area contributed by atoms with Gasteiger partial charge in [-0.25, -0.2) is 0 Å². The average molecular weight is 348 g/mol. The van der Waals surface area contributed by atoms with Crippen LogP contribution in [0.3, 0.4) is 0 Å². The van der Waals surface area contributed by atoms with Gasteiger partial charge in [0.05, 0.1) is 12.1 Å². The second kappa shape index (κ2) is 5.71. The Morgan fingerprint density at radius 1 is 1.22 bits per heavy atom. The van der Waals surface area contributed by atoms with Crippen molar-refractivity contribution in [2.75, 3.05) is 0 Å². The van der Waals surface area contributed by atoms with Gasteiger partial charge in [0.25, 0.3) is 5.91 Å². The summed E-state index contributed by atoms with van der Waals surface area (Å²) in [5.41, 5.74) is -0.282. The maximum Gasteiger partial charge on any atom is 0.259 e. The van der Waals surface area contributed by atoms with E-state index in [0.29, 0.717) is 25.8 Å². The molecule has 23 heavy (non-hydrogen) atoms. The van der Waals surface area contributed by atoms with Gasteiger partial charge < -0.3 is 4.90 Å². The summed E-state index contributed by atoms with van der Waals surface area (Å²) >= 11 is 12.7. The number of nitriles is 2. The van der Waals surface area contributed by atoms with Crippen LogP contribution in [0.25, 0.3) is 0 Å². The summed E-state index contributed by atoms with van der Waals surface area (Å²) in [6.07, 6.45) is 1.47. The second-order valence-corrected chi connectivity index (χ2v) is 7.60. The summed E-state index contributed by atoms with van der Waals surface area (Å²) in [6.45, 7) is 0.435. The molecule has 2 fully saturated rings. The Labute approximate surface area is 145 Å². The Morgan fingerprint density at radius 3 is 2.48 bits per heavy atom. The number of benzene rings is 1. The summed E-state index contributed by atoms with van der Waals surface area (Å²) < 4.78 is -1.74. The van der Waals surface area contributed by atoms with Crippen molar-refractivity contribution in [3.05, 3.63) is 35.9 Å². The van der Waals surface area contributed by atoms with Crippen molar-refractivity contribution >= 4 is 29.1 Å². The molecule has 1 aliphatic carbocycles. The summed E-state index contributed by atoms with van der Waals surface area (Å²) in [6, 6.07) is 13.7. The van der Waals surface area contributed by atoms with Crippen LogP contribution in [0.2, 0.25) is 0 Å². The fourth-order valence-corrected chi connectivity index (χ4v) is 4.45. The third kappa shape index (κ3) is 2.47. The molecular formula is C17H15Cl2N3O. The Morgan fingerprint density at radius 2 is 1.87 bits per heavy atom. The van der Waals surface area contributed by atoms with Crippen molar-refractivity contribution in [1.29, 1.82) is 10.5 Å². The van der Waals surface area contributed by atoms with Crippen LogP contribution < -0.4 is 0 Å². The first kappa shape index (κ1) is 16.1. The van der Waals surface area contributed by atoms with Gasteiger partial charge in [-0.2, -0.15) is 10.5 Å². The van der Waals surface area contributed by atoms with E-state index in [4.69, 9.17) is 23.2 Å². The highest BCUT2D eigenvalue weighted by Gasteiger charge is 2.62. The number of hydrogen-bond acceptors (Lipinski definition) is 3. The molecule has 1 aliphatic heterocycles. The van der Waals surface area contributed by atoms with Crippen molar-refractivity contribution in [3.8, 4) is 12.1 Å². The van der Waals surface area contributed by atoms with Gasteiger partial charge in [0.15, 0.2) is 0 Å². The normalized spacial score (nSPS) is 27.8. The van der Waals surface area contributed by atoms with Crippen LogP contribution in [0.4, 0.5) is 0 Å². The number of fused-ring (bicyclic) bond motifs is 2. The lowest BCUT2D eigenvalue weighted by Gasteiger charge is -2.52. The van der Waals surface area contributed by atoms with Crippen molar-refractivity contribution in [2.24, 2.45) is 11.3 Å². The molecule has 0 spiro atoms. The Bertz CT molecular complexity index is 691. The van der Waals surface area contributed by atoms with Crippen molar-refractivity contribution in [2.45, 2.75) is 36.2 Å². The van der Waals surface area contributed by atoms with Gasteiger partial charge in [-0.3, -0.25) is 4.79 Å².